The highest BCUT2D eigenvalue weighted by atomic mass is 16.5. The third-order valence-corrected chi connectivity index (χ3v) is 7.23. The minimum Gasteiger partial charge on any atom is -0.370 e. The van der Waals surface area contributed by atoms with Crippen molar-refractivity contribution in [2.45, 2.75) is 45.1 Å². The molecule has 0 aliphatic carbocycles. The van der Waals surface area contributed by atoms with Crippen LogP contribution in [0.1, 0.15) is 41.6 Å². The number of ether oxygens (including phenoxy) is 1. The van der Waals surface area contributed by atoms with Crippen molar-refractivity contribution in [3.05, 3.63) is 71.3 Å². The van der Waals surface area contributed by atoms with Crippen LogP contribution in [0.15, 0.2) is 48.9 Å². The summed E-state index contributed by atoms with van der Waals surface area (Å²) in [6.07, 6.45) is 7.30. The maximum Gasteiger partial charge on any atom is 0.165 e. The molecule has 11 nitrogen and oxygen atoms in total. The van der Waals surface area contributed by atoms with Crippen molar-refractivity contribution in [2.75, 3.05) is 30.4 Å². The van der Waals surface area contributed by atoms with Gasteiger partial charge in [0.15, 0.2) is 17.4 Å². The molecule has 0 amide bonds. The quantitative estimate of drug-likeness (QED) is 0.334. The van der Waals surface area contributed by atoms with E-state index in [0.717, 1.165) is 22.6 Å². The summed E-state index contributed by atoms with van der Waals surface area (Å²) < 4.78 is 7.55. The van der Waals surface area contributed by atoms with Gasteiger partial charge in [0.2, 0.25) is 0 Å². The summed E-state index contributed by atoms with van der Waals surface area (Å²) in [6.45, 7) is 4.92. The van der Waals surface area contributed by atoms with Crippen LogP contribution in [0, 0.1) is 25.2 Å². The highest BCUT2D eigenvalue weighted by Gasteiger charge is 2.41. The fourth-order valence-electron chi connectivity index (χ4n) is 4.97. The molecule has 5 heterocycles. The zero-order valence-corrected chi connectivity index (χ0v) is 22.3. The fourth-order valence-corrected chi connectivity index (χ4v) is 4.97. The van der Waals surface area contributed by atoms with Crippen LogP contribution in [-0.4, -0.2) is 61.5 Å². The van der Waals surface area contributed by atoms with Crippen molar-refractivity contribution in [3.8, 4) is 11.9 Å². The average molecular weight is 526 g/mol. The van der Waals surface area contributed by atoms with Crippen molar-refractivity contribution in [3.63, 3.8) is 0 Å². The molecule has 0 radical (unpaired) electrons. The number of carbonyl (C=O) groups is 1. The summed E-state index contributed by atoms with van der Waals surface area (Å²) in [5.74, 6) is 2.68. The minimum atomic E-state index is -0.858. The topological polar surface area (TPSA) is 138 Å². The number of aromatic nitrogens is 6. The van der Waals surface area contributed by atoms with E-state index in [1.165, 1.54) is 0 Å². The van der Waals surface area contributed by atoms with Gasteiger partial charge in [-0.05, 0) is 49.6 Å². The number of rotatable bonds is 9. The Balaban J connectivity index is 1.25. The highest BCUT2D eigenvalue weighted by molar-refractivity contribution is 5.88. The lowest BCUT2D eigenvalue weighted by Crippen LogP contribution is -2.51. The van der Waals surface area contributed by atoms with Gasteiger partial charge in [0.25, 0.3) is 0 Å². The second-order valence-corrected chi connectivity index (χ2v) is 9.78. The van der Waals surface area contributed by atoms with Gasteiger partial charge in [-0.3, -0.25) is 9.89 Å². The Morgan fingerprint density at radius 2 is 2.05 bits per heavy atom. The Hall–Kier alpha value is -4.56. The van der Waals surface area contributed by atoms with E-state index in [2.05, 4.69) is 36.6 Å². The molecule has 4 aromatic rings. The van der Waals surface area contributed by atoms with Crippen LogP contribution in [0.3, 0.4) is 0 Å². The Bertz CT molecular complexity index is 1480. The maximum atomic E-state index is 13.4. The van der Waals surface area contributed by atoms with E-state index in [1.54, 1.807) is 24.2 Å². The van der Waals surface area contributed by atoms with E-state index in [4.69, 9.17) is 9.72 Å². The number of carbonyl (C=O) groups excluding carboxylic acids is 1. The van der Waals surface area contributed by atoms with Gasteiger partial charge in [-0.15, -0.1) is 0 Å². The molecule has 0 atom stereocenters. The first-order chi connectivity index (χ1) is 18.9. The van der Waals surface area contributed by atoms with Crippen molar-refractivity contribution in [2.24, 2.45) is 0 Å². The van der Waals surface area contributed by atoms with Gasteiger partial charge in [0.05, 0.1) is 5.56 Å². The standard InChI is InChI=1S/C28H31N9O2/c1-19-15-24(32-25-16-20(2)34-35-25)33-27(22(19)17-29)36-13-9-28(39-3,10-14-36)23(38)7-5-21-6-8-26(30-18-21)37-12-4-11-31-37/h4,6,8,11-12,15-16,18H,5,7,9-10,13-14H2,1-3H3,(H2,32,33,34,35). The maximum absolute atomic E-state index is 13.4. The number of hydrogen-bond acceptors (Lipinski definition) is 9. The van der Waals surface area contributed by atoms with E-state index in [-0.39, 0.29) is 5.78 Å². The molecular weight excluding hydrogens is 494 g/mol. The first kappa shape index (κ1) is 26.1. The Labute approximate surface area is 226 Å². The van der Waals surface area contributed by atoms with E-state index >= 15 is 0 Å². The second-order valence-electron chi connectivity index (χ2n) is 9.78. The number of Topliss-reactive ketones (excluding diaryl/α,β-unsaturated/α-hetero) is 1. The number of pyridine rings is 2. The van der Waals surface area contributed by atoms with Gasteiger partial charge in [0, 0.05) is 69.8 Å². The number of H-pyrrole nitrogens is 1. The zero-order chi connectivity index (χ0) is 27.4. The Morgan fingerprint density at radius 1 is 1.23 bits per heavy atom. The van der Waals surface area contributed by atoms with Gasteiger partial charge in [-0.1, -0.05) is 6.07 Å². The van der Waals surface area contributed by atoms with Crippen LogP contribution in [0.2, 0.25) is 0 Å². The van der Waals surface area contributed by atoms with Gasteiger partial charge in [-0.2, -0.15) is 15.5 Å². The molecule has 0 unspecified atom stereocenters. The number of aromatic amines is 1. The molecule has 1 aliphatic heterocycles. The second kappa shape index (κ2) is 11.0. The van der Waals surface area contributed by atoms with Crippen LogP contribution in [0.5, 0.6) is 0 Å². The molecule has 0 bridgehead atoms. The van der Waals surface area contributed by atoms with Crippen molar-refractivity contribution >= 4 is 23.2 Å². The predicted octanol–water partition coefficient (Wildman–Crippen LogP) is 3.80. The monoisotopic (exact) mass is 525 g/mol. The summed E-state index contributed by atoms with van der Waals surface area (Å²) in [4.78, 5) is 24.7. The normalized spacial score (nSPS) is 14.7. The van der Waals surface area contributed by atoms with Gasteiger partial charge in [0.1, 0.15) is 23.3 Å². The first-order valence-corrected chi connectivity index (χ1v) is 12.9. The number of aryl methyl sites for hydroxylation is 3. The molecule has 11 heteroatoms. The lowest BCUT2D eigenvalue weighted by Gasteiger charge is -2.40. The van der Waals surface area contributed by atoms with Gasteiger partial charge >= 0.3 is 0 Å². The number of methoxy groups -OCH3 is 1. The summed E-state index contributed by atoms with van der Waals surface area (Å²) in [6, 6.07) is 11.7. The van der Waals surface area contributed by atoms with Gasteiger partial charge < -0.3 is 15.0 Å². The number of hydrogen-bond donors (Lipinski definition) is 2. The van der Waals surface area contributed by atoms with Crippen LogP contribution < -0.4 is 10.2 Å². The highest BCUT2D eigenvalue weighted by Crippen LogP contribution is 2.33. The van der Waals surface area contributed by atoms with E-state index in [0.29, 0.717) is 61.8 Å². The third kappa shape index (κ3) is 5.51. The number of ketones is 1. The number of nitriles is 1. The number of nitrogens with zero attached hydrogens (tertiary/aromatic N) is 7. The molecule has 1 saturated heterocycles. The molecule has 200 valence electrons. The molecule has 39 heavy (non-hydrogen) atoms. The zero-order valence-electron chi connectivity index (χ0n) is 22.3. The van der Waals surface area contributed by atoms with E-state index in [9.17, 15) is 10.1 Å². The smallest absolute Gasteiger partial charge is 0.165 e. The molecule has 0 saturated carbocycles. The molecule has 0 spiro atoms. The fraction of sp³-hybridized carbons (Fsp3) is 0.357. The molecule has 1 aliphatic rings. The van der Waals surface area contributed by atoms with E-state index in [1.807, 2.05) is 50.4 Å². The van der Waals surface area contributed by atoms with Crippen molar-refractivity contribution < 1.29 is 9.53 Å². The number of nitrogens with one attached hydrogen (secondary N) is 2. The summed E-state index contributed by atoms with van der Waals surface area (Å²) in [5.41, 5.74) is 2.41. The lowest BCUT2D eigenvalue weighted by molar-refractivity contribution is -0.143. The average Bonchev–Trinajstić information content (AvgIpc) is 3.64. The van der Waals surface area contributed by atoms with Crippen molar-refractivity contribution in [1.82, 2.24) is 29.9 Å². The van der Waals surface area contributed by atoms with Crippen LogP contribution in [0.4, 0.5) is 17.5 Å². The molecular formula is C28H31N9O2. The molecule has 1 fully saturated rings. The van der Waals surface area contributed by atoms with Crippen LogP contribution >= 0.6 is 0 Å². The minimum absolute atomic E-state index is 0.0785. The molecule has 0 aromatic carbocycles. The largest absolute Gasteiger partial charge is 0.370 e. The lowest BCUT2D eigenvalue weighted by atomic mass is 9.84. The Morgan fingerprint density at radius 3 is 2.67 bits per heavy atom. The number of anilines is 3. The molecule has 4 aromatic heterocycles. The summed E-state index contributed by atoms with van der Waals surface area (Å²) in [7, 11) is 1.60. The predicted molar refractivity (Wildman–Crippen MR) is 146 cm³/mol. The third-order valence-electron chi connectivity index (χ3n) is 7.23. The Kier molecular flexibility index (Phi) is 7.38. The molecule has 5 rings (SSSR count). The van der Waals surface area contributed by atoms with Gasteiger partial charge in [-0.25, -0.2) is 14.6 Å². The summed E-state index contributed by atoms with van der Waals surface area (Å²) in [5, 5.41) is 24.4. The SMILES string of the molecule is COC1(C(=O)CCc2ccc(-n3cccn3)nc2)CCN(c2nc(Nc3cc(C)[nH]n3)cc(C)c2C#N)CC1. The first-order valence-electron chi connectivity index (χ1n) is 12.9. The number of piperidine rings is 1. The van der Waals surface area contributed by atoms with Crippen LogP contribution in [0.25, 0.3) is 5.82 Å². The van der Waals surface area contributed by atoms with Crippen molar-refractivity contribution in [1.29, 1.82) is 5.26 Å². The summed E-state index contributed by atoms with van der Waals surface area (Å²) >= 11 is 0. The van der Waals surface area contributed by atoms with Crippen LogP contribution in [-0.2, 0) is 16.0 Å². The van der Waals surface area contributed by atoms with E-state index < -0.39 is 5.60 Å². The molecule has 2 N–H and O–H groups in total.